The van der Waals surface area contributed by atoms with E-state index < -0.39 is 0 Å². The number of hydrogen-bond donors (Lipinski definition) is 1. The SMILES string of the molecule is CCc1nnc(-c2ccc(C)nc2N)s1. The van der Waals surface area contributed by atoms with Crippen LogP contribution in [-0.2, 0) is 6.42 Å². The molecule has 2 heterocycles. The Kier molecular flexibility index (Phi) is 2.64. The van der Waals surface area contributed by atoms with Gasteiger partial charge in [0.05, 0.1) is 5.56 Å². The lowest BCUT2D eigenvalue weighted by molar-refractivity contribution is 0.986. The zero-order valence-electron chi connectivity index (χ0n) is 8.69. The number of nitrogens with zero attached hydrogens (tertiary/aromatic N) is 3. The topological polar surface area (TPSA) is 64.7 Å². The second kappa shape index (κ2) is 3.94. The molecule has 0 saturated carbocycles. The molecule has 2 rings (SSSR count). The van der Waals surface area contributed by atoms with Crippen LogP contribution in [0.15, 0.2) is 12.1 Å². The molecule has 5 heteroatoms. The zero-order valence-corrected chi connectivity index (χ0v) is 9.51. The minimum absolute atomic E-state index is 0.522. The van der Waals surface area contributed by atoms with Crippen LogP contribution in [0.4, 0.5) is 5.82 Å². The third-order valence-corrected chi connectivity index (χ3v) is 3.16. The molecule has 4 nitrogen and oxygen atoms in total. The first-order valence-corrected chi connectivity index (χ1v) is 5.58. The van der Waals surface area contributed by atoms with E-state index in [9.17, 15) is 0 Å². The molecule has 15 heavy (non-hydrogen) atoms. The fourth-order valence-corrected chi connectivity index (χ4v) is 2.08. The highest BCUT2D eigenvalue weighted by atomic mass is 32.1. The van der Waals surface area contributed by atoms with Crippen LogP contribution < -0.4 is 5.73 Å². The first kappa shape index (κ1) is 10.0. The van der Waals surface area contributed by atoms with Crippen LogP contribution in [0.5, 0.6) is 0 Å². The predicted molar refractivity (Wildman–Crippen MR) is 61.7 cm³/mol. The molecule has 0 bridgehead atoms. The molecule has 0 aliphatic rings. The van der Waals surface area contributed by atoms with Gasteiger partial charge in [0.15, 0.2) is 5.01 Å². The lowest BCUT2D eigenvalue weighted by Crippen LogP contribution is -1.95. The van der Waals surface area contributed by atoms with Gasteiger partial charge in [0.2, 0.25) is 0 Å². The summed E-state index contributed by atoms with van der Waals surface area (Å²) < 4.78 is 0. The molecule has 0 aliphatic carbocycles. The summed E-state index contributed by atoms with van der Waals surface area (Å²) in [5, 5.41) is 10.0. The second-order valence-electron chi connectivity index (χ2n) is 3.24. The molecule has 0 aromatic carbocycles. The van der Waals surface area contributed by atoms with Crippen molar-refractivity contribution >= 4 is 17.2 Å². The van der Waals surface area contributed by atoms with Crippen LogP contribution in [0.2, 0.25) is 0 Å². The molecule has 0 saturated heterocycles. The number of hydrogen-bond acceptors (Lipinski definition) is 5. The Bertz CT molecular complexity index is 478. The third-order valence-electron chi connectivity index (χ3n) is 2.06. The summed E-state index contributed by atoms with van der Waals surface area (Å²) in [7, 11) is 0. The van der Waals surface area contributed by atoms with Crippen molar-refractivity contribution in [3.05, 3.63) is 22.8 Å². The van der Waals surface area contributed by atoms with Gasteiger partial charge in [0, 0.05) is 5.69 Å². The highest BCUT2D eigenvalue weighted by Gasteiger charge is 2.09. The van der Waals surface area contributed by atoms with Crippen LogP contribution in [0.3, 0.4) is 0 Å². The summed E-state index contributed by atoms with van der Waals surface area (Å²) in [5.74, 6) is 0.522. The Morgan fingerprint density at radius 2 is 2.13 bits per heavy atom. The number of rotatable bonds is 2. The molecule has 78 valence electrons. The minimum atomic E-state index is 0.522. The van der Waals surface area contributed by atoms with Crippen molar-refractivity contribution in [1.29, 1.82) is 0 Å². The number of nitrogens with two attached hydrogens (primary N) is 1. The van der Waals surface area contributed by atoms with Gasteiger partial charge in [-0.1, -0.05) is 18.3 Å². The minimum Gasteiger partial charge on any atom is -0.383 e. The van der Waals surface area contributed by atoms with Gasteiger partial charge in [0.1, 0.15) is 10.8 Å². The Morgan fingerprint density at radius 3 is 2.73 bits per heavy atom. The molecule has 0 spiro atoms. The van der Waals surface area contributed by atoms with Crippen LogP contribution in [0, 0.1) is 6.92 Å². The van der Waals surface area contributed by atoms with Gasteiger partial charge in [-0.3, -0.25) is 0 Å². The van der Waals surface area contributed by atoms with E-state index in [0.717, 1.165) is 27.7 Å². The summed E-state index contributed by atoms with van der Waals surface area (Å²) in [5.41, 5.74) is 7.62. The van der Waals surface area contributed by atoms with Gasteiger partial charge in [0.25, 0.3) is 0 Å². The molecule has 0 radical (unpaired) electrons. The maximum absolute atomic E-state index is 5.83. The van der Waals surface area contributed by atoms with Crippen molar-refractivity contribution in [3.63, 3.8) is 0 Å². The van der Waals surface area contributed by atoms with Crippen LogP contribution in [0.1, 0.15) is 17.6 Å². The third kappa shape index (κ3) is 1.97. The zero-order chi connectivity index (χ0) is 10.8. The highest BCUT2D eigenvalue weighted by molar-refractivity contribution is 7.14. The molecular weight excluding hydrogens is 208 g/mol. The molecule has 0 amide bonds. The standard InChI is InChI=1S/C10H12N4S/c1-3-8-13-14-10(15-8)7-5-4-6(2)12-9(7)11/h4-5H,3H2,1-2H3,(H2,11,12). The Hall–Kier alpha value is -1.49. The number of nitrogen functional groups attached to an aromatic ring is 1. The van der Waals surface area contributed by atoms with Crippen molar-refractivity contribution in [3.8, 4) is 10.6 Å². The van der Waals surface area contributed by atoms with E-state index >= 15 is 0 Å². The molecule has 0 atom stereocenters. The molecule has 0 unspecified atom stereocenters. The largest absolute Gasteiger partial charge is 0.383 e. The maximum atomic E-state index is 5.83. The van der Waals surface area contributed by atoms with Gasteiger partial charge < -0.3 is 5.73 Å². The second-order valence-corrected chi connectivity index (χ2v) is 4.30. The predicted octanol–water partition coefficient (Wildman–Crippen LogP) is 2.05. The number of anilines is 1. The lowest BCUT2D eigenvalue weighted by Gasteiger charge is -2.00. The quantitative estimate of drug-likeness (QED) is 0.841. The van der Waals surface area contributed by atoms with Crippen molar-refractivity contribution in [1.82, 2.24) is 15.2 Å². The summed E-state index contributed by atoms with van der Waals surface area (Å²) in [4.78, 5) is 4.20. The van der Waals surface area contributed by atoms with E-state index in [1.54, 1.807) is 11.3 Å². The molecule has 2 aromatic heterocycles. The van der Waals surface area contributed by atoms with E-state index in [4.69, 9.17) is 5.73 Å². The molecule has 2 N–H and O–H groups in total. The number of aryl methyl sites for hydroxylation is 2. The van der Waals surface area contributed by atoms with Crippen LogP contribution >= 0.6 is 11.3 Å². The van der Waals surface area contributed by atoms with Crippen molar-refractivity contribution in [2.24, 2.45) is 0 Å². The average molecular weight is 220 g/mol. The van der Waals surface area contributed by atoms with E-state index in [-0.39, 0.29) is 0 Å². The molecule has 2 aromatic rings. The summed E-state index contributed by atoms with van der Waals surface area (Å²) >= 11 is 1.56. The van der Waals surface area contributed by atoms with E-state index in [1.807, 2.05) is 19.1 Å². The van der Waals surface area contributed by atoms with Gasteiger partial charge >= 0.3 is 0 Å². The average Bonchev–Trinajstić information content (AvgIpc) is 2.66. The molecule has 0 fully saturated rings. The monoisotopic (exact) mass is 220 g/mol. The Morgan fingerprint density at radius 1 is 1.33 bits per heavy atom. The van der Waals surface area contributed by atoms with Gasteiger partial charge in [-0.05, 0) is 25.5 Å². The van der Waals surface area contributed by atoms with Gasteiger partial charge in [-0.2, -0.15) is 0 Å². The van der Waals surface area contributed by atoms with Crippen molar-refractivity contribution < 1.29 is 0 Å². The van der Waals surface area contributed by atoms with E-state index in [2.05, 4.69) is 22.1 Å². The maximum Gasteiger partial charge on any atom is 0.151 e. The number of pyridine rings is 1. The summed E-state index contributed by atoms with van der Waals surface area (Å²) in [6.45, 7) is 3.97. The Balaban J connectivity index is 2.44. The smallest absolute Gasteiger partial charge is 0.151 e. The van der Waals surface area contributed by atoms with Gasteiger partial charge in [-0.25, -0.2) is 4.98 Å². The fraction of sp³-hybridized carbons (Fsp3) is 0.300. The normalized spacial score (nSPS) is 10.5. The number of aromatic nitrogens is 3. The van der Waals surface area contributed by atoms with E-state index in [1.165, 1.54) is 0 Å². The van der Waals surface area contributed by atoms with Crippen molar-refractivity contribution in [2.75, 3.05) is 5.73 Å². The van der Waals surface area contributed by atoms with Crippen LogP contribution in [-0.4, -0.2) is 15.2 Å². The van der Waals surface area contributed by atoms with E-state index in [0.29, 0.717) is 5.82 Å². The first-order valence-electron chi connectivity index (χ1n) is 4.76. The van der Waals surface area contributed by atoms with Crippen molar-refractivity contribution in [2.45, 2.75) is 20.3 Å². The summed E-state index contributed by atoms with van der Waals surface area (Å²) in [6.07, 6.45) is 0.900. The summed E-state index contributed by atoms with van der Waals surface area (Å²) in [6, 6.07) is 3.87. The first-order chi connectivity index (χ1) is 7.20. The lowest BCUT2D eigenvalue weighted by atomic mass is 10.2. The molecular formula is C10H12N4S. The van der Waals surface area contributed by atoms with Gasteiger partial charge in [-0.15, -0.1) is 10.2 Å². The van der Waals surface area contributed by atoms with Crippen LogP contribution in [0.25, 0.3) is 10.6 Å². The Labute approximate surface area is 92.2 Å². The highest BCUT2D eigenvalue weighted by Crippen LogP contribution is 2.27. The molecule has 0 aliphatic heterocycles. The fourth-order valence-electron chi connectivity index (χ4n) is 1.26.